The maximum Gasteiger partial charge on any atom is 0.411 e. The van der Waals surface area contributed by atoms with Crippen molar-refractivity contribution in [3.05, 3.63) is 16.4 Å². The summed E-state index contributed by atoms with van der Waals surface area (Å²) in [7, 11) is 0. The average molecular weight is 330 g/mol. The van der Waals surface area contributed by atoms with Gasteiger partial charge in [0.15, 0.2) is 0 Å². The van der Waals surface area contributed by atoms with Gasteiger partial charge in [-0.15, -0.1) is 0 Å². The van der Waals surface area contributed by atoms with Gasteiger partial charge < -0.3 is 4.74 Å². The SMILES string of the molecule is CC1c2cc(Br)nn2C[C@@H](C)N1C(=O)OC(C)(C)C. The van der Waals surface area contributed by atoms with Crippen molar-refractivity contribution in [1.29, 1.82) is 0 Å². The first-order valence-corrected chi connectivity index (χ1v) is 7.23. The Hall–Kier alpha value is -1.04. The number of halogens is 1. The van der Waals surface area contributed by atoms with E-state index in [1.54, 1.807) is 4.90 Å². The van der Waals surface area contributed by atoms with Crippen molar-refractivity contribution in [2.75, 3.05) is 0 Å². The lowest BCUT2D eigenvalue weighted by Crippen LogP contribution is -2.48. The summed E-state index contributed by atoms with van der Waals surface area (Å²) in [5, 5.41) is 4.37. The third kappa shape index (κ3) is 2.94. The molecule has 0 fully saturated rings. The van der Waals surface area contributed by atoms with E-state index in [1.807, 2.05) is 45.4 Å². The van der Waals surface area contributed by atoms with Gasteiger partial charge in [-0.2, -0.15) is 5.10 Å². The van der Waals surface area contributed by atoms with E-state index in [0.29, 0.717) is 6.54 Å². The van der Waals surface area contributed by atoms with E-state index in [0.717, 1.165) is 10.3 Å². The van der Waals surface area contributed by atoms with Gasteiger partial charge in [-0.3, -0.25) is 9.58 Å². The number of aromatic nitrogens is 2. The van der Waals surface area contributed by atoms with Crippen LogP contribution in [-0.4, -0.2) is 32.4 Å². The summed E-state index contributed by atoms with van der Waals surface area (Å²) < 4.78 is 8.23. The van der Waals surface area contributed by atoms with Crippen LogP contribution in [-0.2, 0) is 11.3 Å². The van der Waals surface area contributed by atoms with Crippen LogP contribution in [0.25, 0.3) is 0 Å². The predicted molar refractivity (Wildman–Crippen MR) is 75.9 cm³/mol. The molecule has 0 N–H and O–H groups in total. The number of nitrogens with zero attached hydrogens (tertiary/aromatic N) is 3. The van der Waals surface area contributed by atoms with Crippen molar-refractivity contribution in [2.45, 2.75) is 58.8 Å². The van der Waals surface area contributed by atoms with Gasteiger partial charge in [0.2, 0.25) is 0 Å². The summed E-state index contributed by atoms with van der Waals surface area (Å²) in [6.45, 7) is 10.3. The van der Waals surface area contributed by atoms with Crippen LogP contribution in [0.1, 0.15) is 46.4 Å². The van der Waals surface area contributed by atoms with Gasteiger partial charge in [-0.05, 0) is 56.6 Å². The Bertz CT molecular complexity index is 493. The number of amides is 1. The molecule has 1 aromatic rings. The van der Waals surface area contributed by atoms with Gasteiger partial charge in [0, 0.05) is 0 Å². The van der Waals surface area contributed by atoms with E-state index in [2.05, 4.69) is 21.0 Å². The fourth-order valence-corrected chi connectivity index (χ4v) is 2.82. The maximum atomic E-state index is 12.3. The van der Waals surface area contributed by atoms with Crippen molar-refractivity contribution in [2.24, 2.45) is 0 Å². The van der Waals surface area contributed by atoms with Crippen LogP contribution in [0.3, 0.4) is 0 Å². The Morgan fingerprint density at radius 3 is 2.68 bits per heavy atom. The fourth-order valence-electron chi connectivity index (χ4n) is 2.40. The molecule has 0 saturated heterocycles. The first kappa shape index (κ1) is 14.4. The monoisotopic (exact) mass is 329 g/mol. The second-order valence-electron chi connectivity index (χ2n) is 5.99. The normalized spacial score (nSPS) is 23.2. The largest absolute Gasteiger partial charge is 0.444 e. The summed E-state index contributed by atoms with van der Waals surface area (Å²) >= 11 is 3.38. The summed E-state index contributed by atoms with van der Waals surface area (Å²) in [4.78, 5) is 14.1. The van der Waals surface area contributed by atoms with Crippen LogP contribution in [0.15, 0.2) is 10.7 Å². The van der Waals surface area contributed by atoms with Gasteiger partial charge in [0.25, 0.3) is 0 Å². The minimum atomic E-state index is -0.477. The third-order valence-electron chi connectivity index (χ3n) is 3.14. The number of ether oxygens (including phenoxy) is 1. The van der Waals surface area contributed by atoms with E-state index in [1.165, 1.54) is 0 Å². The van der Waals surface area contributed by atoms with Crippen LogP contribution in [0.5, 0.6) is 0 Å². The molecule has 1 unspecified atom stereocenters. The summed E-state index contributed by atoms with van der Waals surface area (Å²) in [6, 6.07) is 1.97. The molecule has 0 spiro atoms. The number of hydrogen-bond acceptors (Lipinski definition) is 3. The molecule has 2 rings (SSSR count). The van der Waals surface area contributed by atoms with E-state index in [-0.39, 0.29) is 18.2 Å². The highest BCUT2D eigenvalue weighted by atomic mass is 79.9. The first-order valence-electron chi connectivity index (χ1n) is 6.43. The summed E-state index contributed by atoms with van der Waals surface area (Å²) in [6.07, 6.45) is -0.268. The number of hydrogen-bond donors (Lipinski definition) is 0. The molecule has 0 aliphatic carbocycles. The van der Waals surface area contributed by atoms with Crippen LogP contribution >= 0.6 is 15.9 Å². The Morgan fingerprint density at radius 2 is 2.11 bits per heavy atom. The molecule has 19 heavy (non-hydrogen) atoms. The second kappa shape index (κ2) is 4.81. The molecule has 106 valence electrons. The highest BCUT2D eigenvalue weighted by Gasteiger charge is 2.36. The summed E-state index contributed by atoms with van der Waals surface area (Å²) in [5.41, 5.74) is 0.547. The number of carbonyl (C=O) groups is 1. The number of rotatable bonds is 0. The Morgan fingerprint density at radius 1 is 1.47 bits per heavy atom. The molecule has 1 aromatic heterocycles. The Kier molecular flexibility index (Phi) is 3.64. The standard InChI is InChI=1S/C13H20BrN3O2/c1-8-7-16-10(6-11(14)15-16)9(2)17(8)12(18)19-13(3,4)5/h6,8-9H,7H2,1-5H3/t8-,9?/m1/s1. The third-order valence-corrected chi connectivity index (χ3v) is 3.53. The van der Waals surface area contributed by atoms with Crippen molar-refractivity contribution in [3.63, 3.8) is 0 Å². The molecule has 1 amide bonds. The molecule has 5 nitrogen and oxygen atoms in total. The molecule has 0 saturated carbocycles. The molecular formula is C13H20BrN3O2. The number of fused-ring (bicyclic) bond motifs is 1. The van der Waals surface area contributed by atoms with Crippen LogP contribution in [0.2, 0.25) is 0 Å². The van der Waals surface area contributed by atoms with Gasteiger partial charge in [0.1, 0.15) is 10.2 Å². The van der Waals surface area contributed by atoms with Crippen LogP contribution in [0.4, 0.5) is 4.79 Å². The molecule has 1 aliphatic heterocycles. The molecule has 0 bridgehead atoms. The maximum absolute atomic E-state index is 12.3. The molecule has 0 radical (unpaired) electrons. The average Bonchev–Trinajstić information content (AvgIpc) is 2.55. The van der Waals surface area contributed by atoms with Crippen LogP contribution < -0.4 is 0 Å². The van der Waals surface area contributed by atoms with Gasteiger partial charge in [-0.1, -0.05) is 0 Å². The highest BCUT2D eigenvalue weighted by Crippen LogP contribution is 2.31. The quantitative estimate of drug-likeness (QED) is 0.733. The van der Waals surface area contributed by atoms with E-state index < -0.39 is 5.60 Å². The lowest BCUT2D eigenvalue weighted by atomic mass is 10.1. The van der Waals surface area contributed by atoms with Crippen molar-refractivity contribution in [1.82, 2.24) is 14.7 Å². The van der Waals surface area contributed by atoms with Crippen molar-refractivity contribution >= 4 is 22.0 Å². The zero-order valence-corrected chi connectivity index (χ0v) is 13.6. The van der Waals surface area contributed by atoms with Gasteiger partial charge >= 0.3 is 6.09 Å². The zero-order chi connectivity index (χ0) is 14.4. The Labute approximate surface area is 122 Å². The van der Waals surface area contributed by atoms with E-state index in [9.17, 15) is 4.79 Å². The molecule has 1 aliphatic rings. The molecular weight excluding hydrogens is 310 g/mol. The van der Waals surface area contributed by atoms with Crippen molar-refractivity contribution < 1.29 is 9.53 Å². The van der Waals surface area contributed by atoms with Crippen molar-refractivity contribution in [3.8, 4) is 0 Å². The first-order chi connectivity index (χ1) is 8.69. The molecule has 6 heteroatoms. The van der Waals surface area contributed by atoms with E-state index >= 15 is 0 Å². The molecule has 2 heterocycles. The lowest BCUT2D eigenvalue weighted by Gasteiger charge is -2.39. The zero-order valence-electron chi connectivity index (χ0n) is 12.0. The minimum Gasteiger partial charge on any atom is -0.444 e. The second-order valence-corrected chi connectivity index (χ2v) is 6.80. The molecule has 2 atom stereocenters. The highest BCUT2D eigenvalue weighted by molar-refractivity contribution is 9.10. The lowest BCUT2D eigenvalue weighted by molar-refractivity contribution is -0.000310. The van der Waals surface area contributed by atoms with Gasteiger partial charge in [0.05, 0.1) is 24.3 Å². The van der Waals surface area contributed by atoms with Crippen LogP contribution in [0, 0.1) is 0 Å². The fraction of sp³-hybridized carbons (Fsp3) is 0.692. The molecule has 0 aromatic carbocycles. The Balaban J connectivity index is 2.25. The number of carbonyl (C=O) groups excluding carboxylic acids is 1. The van der Waals surface area contributed by atoms with E-state index in [4.69, 9.17) is 4.74 Å². The minimum absolute atomic E-state index is 0.0441. The predicted octanol–water partition coefficient (Wildman–Crippen LogP) is 3.35. The smallest absolute Gasteiger partial charge is 0.411 e. The summed E-state index contributed by atoms with van der Waals surface area (Å²) in [5.74, 6) is 0. The van der Waals surface area contributed by atoms with Gasteiger partial charge in [-0.25, -0.2) is 4.79 Å². The topological polar surface area (TPSA) is 47.4 Å².